The van der Waals surface area contributed by atoms with E-state index in [4.69, 9.17) is 0 Å². The summed E-state index contributed by atoms with van der Waals surface area (Å²) in [6.07, 6.45) is 5.75. The van der Waals surface area contributed by atoms with Crippen LogP contribution in [-0.2, 0) is 0 Å². The zero-order chi connectivity index (χ0) is 13.5. The summed E-state index contributed by atoms with van der Waals surface area (Å²) in [7, 11) is 0. The van der Waals surface area contributed by atoms with Crippen molar-refractivity contribution < 1.29 is 9.90 Å². The number of nitrogens with zero attached hydrogens (tertiary/aromatic N) is 3. The van der Waals surface area contributed by atoms with Crippen molar-refractivity contribution in [3.05, 3.63) is 11.9 Å². The van der Waals surface area contributed by atoms with Crippen LogP contribution in [0.4, 0.5) is 0 Å². The molecule has 0 aliphatic carbocycles. The molecule has 19 heavy (non-hydrogen) atoms. The number of likely N-dealkylation sites (tertiary alicyclic amines) is 1. The lowest BCUT2D eigenvalue weighted by atomic mass is 10.0. The number of aliphatic hydroxyl groups is 1. The summed E-state index contributed by atoms with van der Waals surface area (Å²) in [6.45, 7) is 2.79. The Morgan fingerprint density at radius 2 is 2.47 bits per heavy atom. The molecule has 3 N–H and O–H groups in total. The van der Waals surface area contributed by atoms with Crippen LogP contribution in [0, 0.1) is 0 Å². The van der Waals surface area contributed by atoms with Gasteiger partial charge in [-0.2, -0.15) is 15.4 Å². The number of aromatic nitrogens is 3. The monoisotopic (exact) mass is 267 g/mol. The van der Waals surface area contributed by atoms with E-state index in [2.05, 4.69) is 25.6 Å². The van der Waals surface area contributed by atoms with E-state index in [-0.39, 0.29) is 12.5 Å². The van der Waals surface area contributed by atoms with Crippen molar-refractivity contribution in [3.8, 4) is 0 Å². The van der Waals surface area contributed by atoms with Gasteiger partial charge in [0.25, 0.3) is 5.91 Å². The standard InChI is InChI=1S/C12H21N5O2/c18-9-10-4-1-2-6-17(10)7-3-5-13-12(19)11-8-14-16-15-11/h8,10,18H,1-7,9H2,(H,13,19)(H,14,15,16)/t10-/m0/s1. The quantitative estimate of drug-likeness (QED) is 0.619. The maximum absolute atomic E-state index is 11.6. The summed E-state index contributed by atoms with van der Waals surface area (Å²) in [5.74, 6) is -0.203. The van der Waals surface area contributed by atoms with Gasteiger partial charge in [-0.3, -0.25) is 9.69 Å². The largest absolute Gasteiger partial charge is 0.395 e. The molecular weight excluding hydrogens is 246 g/mol. The number of nitrogens with one attached hydrogen (secondary N) is 2. The number of amides is 1. The lowest BCUT2D eigenvalue weighted by molar-refractivity contribution is 0.0867. The Bertz CT molecular complexity index is 381. The van der Waals surface area contributed by atoms with Crippen molar-refractivity contribution in [2.75, 3.05) is 26.2 Å². The van der Waals surface area contributed by atoms with Crippen molar-refractivity contribution in [1.29, 1.82) is 0 Å². The normalized spacial score (nSPS) is 20.4. The summed E-state index contributed by atoms with van der Waals surface area (Å²) in [5, 5.41) is 21.8. The first-order chi connectivity index (χ1) is 9.31. The second kappa shape index (κ2) is 7.20. The zero-order valence-corrected chi connectivity index (χ0v) is 11.0. The van der Waals surface area contributed by atoms with E-state index >= 15 is 0 Å². The molecule has 7 heteroatoms. The molecule has 1 aliphatic rings. The topological polar surface area (TPSA) is 94.1 Å². The number of hydrogen-bond acceptors (Lipinski definition) is 5. The summed E-state index contributed by atoms with van der Waals surface area (Å²) in [5.41, 5.74) is 0.311. The van der Waals surface area contributed by atoms with E-state index in [1.807, 2.05) is 0 Å². The Kier molecular flexibility index (Phi) is 5.29. The number of H-pyrrole nitrogens is 1. The minimum absolute atomic E-state index is 0.203. The van der Waals surface area contributed by atoms with Gasteiger partial charge in [-0.25, -0.2) is 0 Å². The predicted octanol–water partition coefficient (Wildman–Crippen LogP) is -0.229. The molecule has 2 rings (SSSR count). The van der Waals surface area contributed by atoms with E-state index in [9.17, 15) is 9.90 Å². The number of carbonyl (C=O) groups is 1. The smallest absolute Gasteiger partial charge is 0.273 e. The number of aromatic amines is 1. The van der Waals surface area contributed by atoms with Gasteiger partial charge >= 0.3 is 0 Å². The fourth-order valence-corrected chi connectivity index (χ4v) is 2.45. The molecule has 1 aliphatic heterocycles. The molecule has 1 amide bonds. The van der Waals surface area contributed by atoms with E-state index in [1.54, 1.807) is 0 Å². The molecule has 0 aromatic carbocycles. The third-order valence-electron chi connectivity index (χ3n) is 3.52. The van der Waals surface area contributed by atoms with Crippen LogP contribution in [0.15, 0.2) is 6.20 Å². The lowest BCUT2D eigenvalue weighted by Crippen LogP contribution is -2.43. The van der Waals surface area contributed by atoms with Crippen molar-refractivity contribution in [2.24, 2.45) is 0 Å². The average Bonchev–Trinajstić information content (AvgIpc) is 2.98. The van der Waals surface area contributed by atoms with Gasteiger partial charge in [-0.15, -0.1) is 0 Å². The number of carbonyl (C=O) groups excluding carboxylic acids is 1. The molecule has 0 unspecified atom stereocenters. The Balaban J connectivity index is 1.64. The van der Waals surface area contributed by atoms with Gasteiger partial charge in [0.15, 0.2) is 5.69 Å². The van der Waals surface area contributed by atoms with Crippen LogP contribution in [0.5, 0.6) is 0 Å². The SMILES string of the molecule is O=C(NCCCN1CCCC[C@H]1CO)c1cn[nH]n1. The minimum Gasteiger partial charge on any atom is -0.395 e. The number of hydrogen-bond donors (Lipinski definition) is 3. The van der Waals surface area contributed by atoms with Crippen LogP contribution in [0.1, 0.15) is 36.2 Å². The minimum atomic E-state index is -0.203. The second-order valence-electron chi connectivity index (χ2n) is 4.83. The molecule has 2 heterocycles. The fourth-order valence-electron chi connectivity index (χ4n) is 2.45. The summed E-state index contributed by atoms with van der Waals surface area (Å²) >= 11 is 0. The fraction of sp³-hybridized carbons (Fsp3) is 0.750. The Labute approximate surface area is 112 Å². The third-order valence-corrected chi connectivity index (χ3v) is 3.52. The molecule has 7 nitrogen and oxygen atoms in total. The number of rotatable bonds is 6. The van der Waals surface area contributed by atoms with Crippen LogP contribution in [0.25, 0.3) is 0 Å². The first-order valence-corrected chi connectivity index (χ1v) is 6.80. The van der Waals surface area contributed by atoms with E-state index in [1.165, 1.54) is 19.0 Å². The molecule has 1 saturated heterocycles. The first-order valence-electron chi connectivity index (χ1n) is 6.80. The van der Waals surface area contributed by atoms with Crippen molar-refractivity contribution in [1.82, 2.24) is 25.6 Å². The van der Waals surface area contributed by atoms with Gasteiger partial charge in [0.1, 0.15) is 0 Å². The molecule has 0 radical (unpaired) electrons. The highest BCUT2D eigenvalue weighted by molar-refractivity contribution is 5.91. The zero-order valence-electron chi connectivity index (χ0n) is 11.0. The first kappa shape index (κ1) is 14.0. The molecule has 0 bridgehead atoms. The van der Waals surface area contributed by atoms with Gasteiger partial charge in [0.05, 0.1) is 12.8 Å². The van der Waals surface area contributed by atoms with Crippen LogP contribution in [0.3, 0.4) is 0 Å². The Morgan fingerprint density at radius 1 is 1.58 bits per heavy atom. The van der Waals surface area contributed by atoms with E-state index in [0.29, 0.717) is 18.3 Å². The highest BCUT2D eigenvalue weighted by Crippen LogP contribution is 2.16. The van der Waals surface area contributed by atoms with E-state index < -0.39 is 0 Å². The maximum Gasteiger partial charge on any atom is 0.273 e. The van der Waals surface area contributed by atoms with Crippen LogP contribution < -0.4 is 5.32 Å². The highest BCUT2D eigenvalue weighted by atomic mass is 16.3. The molecule has 1 fully saturated rings. The molecular formula is C12H21N5O2. The third kappa shape index (κ3) is 4.00. The molecule has 1 atom stereocenters. The second-order valence-corrected chi connectivity index (χ2v) is 4.83. The predicted molar refractivity (Wildman–Crippen MR) is 69.6 cm³/mol. The van der Waals surface area contributed by atoms with Crippen LogP contribution in [0.2, 0.25) is 0 Å². The summed E-state index contributed by atoms with van der Waals surface area (Å²) < 4.78 is 0. The molecule has 1 aromatic rings. The van der Waals surface area contributed by atoms with Gasteiger partial charge in [0, 0.05) is 19.1 Å². The van der Waals surface area contributed by atoms with Gasteiger partial charge in [0.2, 0.25) is 0 Å². The summed E-state index contributed by atoms with van der Waals surface area (Å²) in [4.78, 5) is 13.9. The van der Waals surface area contributed by atoms with Gasteiger partial charge < -0.3 is 10.4 Å². The Hall–Kier alpha value is -1.47. The molecule has 0 saturated carbocycles. The average molecular weight is 267 g/mol. The number of aliphatic hydroxyl groups excluding tert-OH is 1. The van der Waals surface area contributed by atoms with Crippen molar-refractivity contribution >= 4 is 5.91 Å². The van der Waals surface area contributed by atoms with Gasteiger partial charge in [-0.1, -0.05) is 6.42 Å². The molecule has 106 valence electrons. The highest BCUT2D eigenvalue weighted by Gasteiger charge is 2.20. The Morgan fingerprint density at radius 3 is 3.21 bits per heavy atom. The van der Waals surface area contributed by atoms with Crippen molar-refractivity contribution in [2.45, 2.75) is 31.7 Å². The van der Waals surface area contributed by atoms with Crippen LogP contribution in [-0.4, -0.2) is 63.6 Å². The lowest BCUT2D eigenvalue weighted by Gasteiger charge is -2.34. The number of piperidine rings is 1. The van der Waals surface area contributed by atoms with E-state index in [0.717, 1.165) is 25.9 Å². The van der Waals surface area contributed by atoms with Crippen LogP contribution >= 0.6 is 0 Å². The van der Waals surface area contributed by atoms with Crippen molar-refractivity contribution in [3.63, 3.8) is 0 Å². The summed E-state index contributed by atoms with van der Waals surface area (Å²) in [6, 6.07) is 0.292. The van der Waals surface area contributed by atoms with Gasteiger partial charge in [-0.05, 0) is 25.8 Å². The maximum atomic E-state index is 11.6. The molecule has 0 spiro atoms. The molecule has 1 aromatic heterocycles.